The van der Waals surface area contributed by atoms with Crippen LogP contribution in [0, 0.1) is 5.82 Å². The van der Waals surface area contributed by atoms with Crippen LogP contribution in [0.3, 0.4) is 0 Å². The predicted octanol–water partition coefficient (Wildman–Crippen LogP) is 1.85. The summed E-state index contributed by atoms with van der Waals surface area (Å²) < 4.78 is 40.3. The number of carbonyl (C=O) groups excluding carboxylic acids is 1. The minimum atomic E-state index is -3.94. The first-order valence-electron chi connectivity index (χ1n) is 7.52. The third-order valence-electron chi connectivity index (χ3n) is 3.37. The zero-order valence-electron chi connectivity index (χ0n) is 13.2. The Morgan fingerprint density at radius 3 is 2.29 bits per heavy atom. The number of likely N-dealkylation sites (N-methyl/N-ethyl adjacent to an activating group) is 1. The van der Waals surface area contributed by atoms with E-state index in [9.17, 15) is 17.6 Å². The van der Waals surface area contributed by atoms with Gasteiger partial charge in [-0.15, -0.1) is 0 Å². The van der Waals surface area contributed by atoms with Crippen molar-refractivity contribution in [3.05, 3.63) is 66.0 Å². The molecule has 1 unspecified atom stereocenters. The van der Waals surface area contributed by atoms with E-state index in [0.717, 1.165) is 29.8 Å². The standard InChI is InChI=1S/C17H19FN2O3S/c1-2-19-17(21)16(12-13-6-4-3-5-7-13)20-24(22,23)15-10-8-14(18)9-11-15/h3-11,16,20H,2,12H2,1H3,(H,19,21). The number of benzene rings is 2. The molecule has 2 aromatic rings. The molecule has 0 aliphatic carbocycles. The molecule has 0 saturated heterocycles. The molecular formula is C17H19FN2O3S. The number of rotatable bonds is 7. The normalized spacial score (nSPS) is 12.6. The number of amides is 1. The summed E-state index contributed by atoms with van der Waals surface area (Å²) in [5, 5.41) is 2.62. The van der Waals surface area contributed by atoms with Gasteiger partial charge in [0.25, 0.3) is 0 Å². The highest BCUT2D eigenvalue weighted by Gasteiger charge is 2.25. The van der Waals surface area contributed by atoms with Crippen LogP contribution in [-0.2, 0) is 21.2 Å². The molecule has 0 bridgehead atoms. The van der Waals surface area contributed by atoms with Crippen molar-refractivity contribution in [2.45, 2.75) is 24.3 Å². The minimum Gasteiger partial charge on any atom is -0.355 e. The Morgan fingerprint density at radius 2 is 1.71 bits per heavy atom. The maximum absolute atomic E-state index is 13.0. The quantitative estimate of drug-likeness (QED) is 0.800. The molecule has 7 heteroatoms. The van der Waals surface area contributed by atoms with Crippen LogP contribution < -0.4 is 10.0 Å². The van der Waals surface area contributed by atoms with Crippen molar-refractivity contribution in [2.24, 2.45) is 0 Å². The minimum absolute atomic E-state index is 0.0914. The Labute approximate surface area is 141 Å². The lowest BCUT2D eigenvalue weighted by atomic mass is 10.1. The highest BCUT2D eigenvalue weighted by Crippen LogP contribution is 2.12. The van der Waals surface area contributed by atoms with Gasteiger partial charge in [0.05, 0.1) is 4.90 Å². The summed E-state index contributed by atoms with van der Waals surface area (Å²) in [5.41, 5.74) is 0.829. The third kappa shape index (κ3) is 4.87. The summed E-state index contributed by atoms with van der Waals surface area (Å²) in [6.45, 7) is 2.15. The van der Waals surface area contributed by atoms with Gasteiger partial charge in [-0.1, -0.05) is 30.3 Å². The van der Waals surface area contributed by atoms with Crippen molar-refractivity contribution in [3.63, 3.8) is 0 Å². The lowest BCUT2D eigenvalue weighted by Crippen LogP contribution is -2.47. The maximum Gasteiger partial charge on any atom is 0.241 e. The molecule has 0 spiro atoms. The van der Waals surface area contributed by atoms with Gasteiger partial charge in [-0.3, -0.25) is 4.79 Å². The van der Waals surface area contributed by atoms with E-state index in [1.165, 1.54) is 0 Å². The lowest BCUT2D eigenvalue weighted by molar-refractivity contribution is -0.122. The molecule has 1 amide bonds. The first-order chi connectivity index (χ1) is 11.4. The van der Waals surface area contributed by atoms with Crippen molar-refractivity contribution < 1.29 is 17.6 Å². The number of nitrogens with one attached hydrogen (secondary N) is 2. The molecule has 1 atom stereocenters. The molecule has 2 aromatic carbocycles. The Hall–Kier alpha value is -2.25. The largest absolute Gasteiger partial charge is 0.355 e. The molecule has 0 radical (unpaired) electrons. The van der Waals surface area contributed by atoms with Gasteiger partial charge in [0.2, 0.25) is 15.9 Å². The summed E-state index contributed by atoms with van der Waals surface area (Å²) >= 11 is 0. The van der Waals surface area contributed by atoms with E-state index >= 15 is 0 Å². The second kappa shape index (κ2) is 8.03. The molecule has 0 heterocycles. The summed E-state index contributed by atoms with van der Waals surface area (Å²) in [5.74, 6) is -0.939. The van der Waals surface area contributed by atoms with Crippen molar-refractivity contribution in [3.8, 4) is 0 Å². The second-order valence-corrected chi connectivity index (χ2v) is 6.93. The van der Waals surface area contributed by atoms with Crippen molar-refractivity contribution in [1.29, 1.82) is 0 Å². The van der Waals surface area contributed by atoms with E-state index in [1.54, 1.807) is 6.92 Å². The van der Waals surface area contributed by atoms with Gasteiger partial charge >= 0.3 is 0 Å². The molecule has 0 fully saturated rings. The fourth-order valence-corrected chi connectivity index (χ4v) is 3.40. The van der Waals surface area contributed by atoms with E-state index in [1.807, 2.05) is 30.3 Å². The number of hydrogen-bond acceptors (Lipinski definition) is 3. The van der Waals surface area contributed by atoms with Gasteiger partial charge in [-0.25, -0.2) is 12.8 Å². The summed E-state index contributed by atoms with van der Waals surface area (Å²) in [6.07, 6.45) is 0.215. The predicted molar refractivity (Wildman–Crippen MR) is 89.3 cm³/mol. The van der Waals surface area contributed by atoms with Crippen LogP contribution in [0.1, 0.15) is 12.5 Å². The molecule has 2 rings (SSSR count). The fraction of sp³-hybridized carbons (Fsp3) is 0.235. The van der Waals surface area contributed by atoms with Gasteiger partial charge in [0.1, 0.15) is 11.9 Å². The highest BCUT2D eigenvalue weighted by molar-refractivity contribution is 7.89. The first-order valence-corrected chi connectivity index (χ1v) is 9.00. The fourth-order valence-electron chi connectivity index (χ4n) is 2.20. The molecule has 0 aromatic heterocycles. The SMILES string of the molecule is CCNC(=O)C(Cc1ccccc1)NS(=O)(=O)c1ccc(F)cc1. The van der Waals surface area contributed by atoms with E-state index < -0.39 is 27.8 Å². The van der Waals surface area contributed by atoms with Crippen molar-refractivity contribution >= 4 is 15.9 Å². The Kier molecular flexibility index (Phi) is 6.05. The number of halogens is 1. The van der Waals surface area contributed by atoms with Gasteiger partial charge in [0, 0.05) is 6.54 Å². The Bertz CT molecular complexity index is 777. The van der Waals surface area contributed by atoms with Crippen LogP contribution in [-0.4, -0.2) is 26.9 Å². The molecule has 0 aliphatic heterocycles. The number of carbonyl (C=O) groups is 1. The number of hydrogen-bond donors (Lipinski definition) is 2. The lowest BCUT2D eigenvalue weighted by Gasteiger charge is -2.18. The van der Waals surface area contributed by atoms with E-state index in [4.69, 9.17) is 0 Å². The average Bonchev–Trinajstić information content (AvgIpc) is 2.55. The van der Waals surface area contributed by atoms with Crippen LogP contribution in [0.4, 0.5) is 4.39 Å². The smallest absolute Gasteiger partial charge is 0.241 e. The van der Waals surface area contributed by atoms with Crippen LogP contribution in [0.2, 0.25) is 0 Å². The van der Waals surface area contributed by atoms with E-state index in [0.29, 0.717) is 6.54 Å². The molecular weight excluding hydrogens is 331 g/mol. The summed E-state index contributed by atoms with van der Waals surface area (Å²) in [4.78, 5) is 12.1. The monoisotopic (exact) mass is 350 g/mol. The molecule has 2 N–H and O–H groups in total. The maximum atomic E-state index is 13.0. The number of sulfonamides is 1. The van der Waals surface area contributed by atoms with Gasteiger partial charge in [-0.05, 0) is 43.2 Å². The third-order valence-corrected chi connectivity index (χ3v) is 4.86. The van der Waals surface area contributed by atoms with Crippen LogP contribution >= 0.6 is 0 Å². The zero-order chi connectivity index (χ0) is 17.6. The van der Waals surface area contributed by atoms with E-state index in [-0.39, 0.29) is 11.3 Å². The first kappa shape index (κ1) is 18.1. The summed E-state index contributed by atoms with van der Waals surface area (Å²) in [7, 11) is -3.94. The van der Waals surface area contributed by atoms with Crippen molar-refractivity contribution in [1.82, 2.24) is 10.0 Å². The van der Waals surface area contributed by atoms with Crippen molar-refractivity contribution in [2.75, 3.05) is 6.54 Å². The summed E-state index contributed by atoms with van der Waals surface area (Å²) in [6, 6.07) is 12.6. The second-order valence-electron chi connectivity index (χ2n) is 5.21. The van der Waals surface area contributed by atoms with Crippen LogP contribution in [0.5, 0.6) is 0 Å². The zero-order valence-corrected chi connectivity index (χ0v) is 14.0. The Balaban J connectivity index is 2.23. The highest BCUT2D eigenvalue weighted by atomic mass is 32.2. The molecule has 128 valence electrons. The molecule has 0 saturated carbocycles. The molecule has 5 nitrogen and oxygen atoms in total. The van der Waals surface area contributed by atoms with Gasteiger partial charge in [-0.2, -0.15) is 4.72 Å². The molecule has 24 heavy (non-hydrogen) atoms. The molecule has 0 aliphatic rings. The average molecular weight is 350 g/mol. The topological polar surface area (TPSA) is 75.3 Å². The van der Waals surface area contributed by atoms with E-state index in [2.05, 4.69) is 10.0 Å². The van der Waals surface area contributed by atoms with Crippen LogP contribution in [0.25, 0.3) is 0 Å². The Morgan fingerprint density at radius 1 is 1.08 bits per heavy atom. The van der Waals surface area contributed by atoms with Crippen LogP contribution in [0.15, 0.2) is 59.5 Å². The van der Waals surface area contributed by atoms with Gasteiger partial charge in [0.15, 0.2) is 0 Å². The van der Waals surface area contributed by atoms with Gasteiger partial charge < -0.3 is 5.32 Å².